The molecule has 0 aromatic carbocycles. The molecule has 0 bridgehead atoms. The van der Waals surface area contributed by atoms with Crippen LogP contribution in [0.2, 0.25) is 0 Å². The SMILES string of the molecule is C[C@H](CCS[C@H]1CCN2CC[C@H](SCC[C@@H](C)[C@H]3CC[C@H]4[C@@H]5CC[C@@H]6C[C@H](O)CC[C@]6(C)[C@H]5C[C@H](O)[C@]34C)NC2=N1)[C@H]1CC[C@H]2[C@@H]3CC[C@@H]4C[C@H](O)CC[C@]4(C)[C@H]3C[C@H](O)[C@]12C. The number of guanidine groups is 1. The molecule has 0 unspecified atom stereocenters. The Bertz CT molecular complexity index is 1640. The van der Waals surface area contributed by atoms with Crippen molar-refractivity contribution in [2.24, 2.45) is 97.7 Å². The molecule has 10 aliphatic rings. The molecule has 1 saturated heterocycles. The molecule has 0 spiro atoms. The summed E-state index contributed by atoms with van der Waals surface area (Å²) < 4.78 is 0. The van der Waals surface area contributed by atoms with Crippen LogP contribution in [0, 0.1) is 92.7 Å². The molecule has 2 heterocycles. The Balaban J connectivity index is 0.690. The van der Waals surface area contributed by atoms with Gasteiger partial charge in [-0.3, -0.25) is 0 Å². The van der Waals surface area contributed by atoms with Crippen molar-refractivity contribution in [3.8, 4) is 0 Å². The summed E-state index contributed by atoms with van der Waals surface area (Å²) in [5.41, 5.74) is 0.694. The monoisotopic (exact) mass is 896 g/mol. The Morgan fingerprint density at radius 3 is 1.63 bits per heavy atom. The van der Waals surface area contributed by atoms with Gasteiger partial charge in [0.1, 0.15) is 5.37 Å². The Hall–Kier alpha value is -0.190. The van der Waals surface area contributed by atoms with Gasteiger partial charge in [-0.1, -0.05) is 41.5 Å². The number of aliphatic hydroxyl groups excluding tert-OH is 4. The summed E-state index contributed by atoms with van der Waals surface area (Å²) in [6.07, 6.45) is 22.6. The fourth-order valence-electron chi connectivity index (χ4n) is 19.2. The van der Waals surface area contributed by atoms with E-state index in [2.05, 4.69) is 75.3 Å². The zero-order valence-corrected chi connectivity index (χ0v) is 41.5. The summed E-state index contributed by atoms with van der Waals surface area (Å²) >= 11 is 4.20. The van der Waals surface area contributed by atoms with Gasteiger partial charge in [-0.15, -0.1) is 23.5 Å². The number of thioether (sulfide) groups is 2. The molecule has 22 atom stereocenters. The first-order chi connectivity index (χ1) is 29.6. The van der Waals surface area contributed by atoms with Gasteiger partial charge in [-0.2, -0.15) is 0 Å². The van der Waals surface area contributed by atoms with Crippen LogP contribution in [0.4, 0.5) is 0 Å². The van der Waals surface area contributed by atoms with E-state index in [0.29, 0.717) is 80.8 Å². The molecule has 9 heteroatoms. The third kappa shape index (κ3) is 7.52. The van der Waals surface area contributed by atoms with E-state index >= 15 is 0 Å². The molecule has 0 amide bonds. The highest BCUT2D eigenvalue weighted by atomic mass is 32.2. The summed E-state index contributed by atoms with van der Waals surface area (Å²) in [5, 5.41) is 49.8. The molecule has 352 valence electrons. The van der Waals surface area contributed by atoms with Crippen LogP contribution in [0.15, 0.2) is 4.99 Å². The van der Waals surface area contributed by atoms with Crippen LogP contribution in [-0.4, -0.2) is 91.0 Å². The molecule has 8 aliphatic carbocycles. The second-order valence-corrected chi connectivity index (χ2v) is 27.7. The highest BCUT2D eigenvalue weighted by molar-refractivity contribution is 8.00. The van der Waals surface area contributed by atoms with Crippen LogP contribution in [0.5, 0.6) is 0 Å². The van der Waals surface area contributed by atoms with Crippen molar-refractivity contribution in [2.75, 3.05) is 24.6 Å². The Morgan fingerprint density at radius 2 is 1.10 bits per heavy atom. The second-order valence-electron chi connectivity index (χ2n) is 25.2. The van der Waals surface area contributed by atoms with E-state index in [-0.39, 0.29) is 35.2 Å². The lowest BCUT2D eigenvalue weighted by Crippen LogP contribution is -2.58. The second kappa shape index (κ2) is 17.4. The molecule has 7 nitrogen and oxygen atoms in total. The summed E-state index contributed by atoms with van der Waals surface area (Å²) in [7, 11) is 0. The van der Waals surface area contributed by atoms with Crippen molar-refractivity contribution >= 4 is 29.5 Å². The van der Waals surface area contributed by atoms with Crippen molar-refractivity contribution < 1.29 is 20.4 Å². The number of fused-ring (bicyclic) bond motifs is 11. The summed E-state index contributed by atoms with van der Waals surface area (Å²) in [6, 6.07) is 0. The van der Waals surface area contributed by atoms with Crippen LogP contribution in [-0.2, 0) is 0 Å². The standard InChI is InChI=1S/C53H89N3O4S2/c1-31(39-11-13-41-37-9-7-33-27-35(57)15-21-50(33,3)43(37)29-45(59)52(39,41)5)19-25-61-47-17-23-56-24-18-48(55-49(56)54-47)62-26-20-32(2)40-12-14-42-38-10-8-34-28-36(58)16-22-51(34,4)44(38)30-46(60)53(40,42)6/h31-48,57-60H,7-30H2,1-6H3,(H,54,55)/t31-,32-,33-,34-,35-,36-,37+,38+,39-,40-,41+,42+,43+,44+,45+,46+,47+,48+,50+,51+,52-,53-/m1/s1. The van der Waals surface area contributed by atoms with Crippen molar-refractivity contribution in [1.82, 2.24) is 10.2 Å². The topological polar surface area (TPSA) is 109 Å². The number of hydrogen-bond donors (Lipinski definition) is 5. The first-order valence-corrected chi connectivity index (χ1v) is 28.8. The minimum atomic E-state index is -0.195. The molecule has 2 aliphatic heterocycles. The zero-order chi connectivity index (χ0) is 43.3. The van der Waals surface area contributed by atoms with Gasteiger partial charge >= 0.3 is 0 Å². The molecular formula is C53H89N3O4S2. The molecule has 5 N–H and O–H groups in total. The Kier molecular flexibility index (Phi) is 12.8. The van der Waals surface area contributed by atoms with Crippen LogP contribution < -0.4 is 5.32 Å². The minimum absolute atomic E-state index is 0.0436. The molecular weight excluding hydrogens is 807 g/mol. The van der Waals surface area contributed by atoms with E-state index in [9.17, 15) is 20.4 Å². The van der Waals surface area contributed by atoms with Gasteiger partial charge in [-0.05, 0) is 233 Å². The first kappa shape index (κ1) is 45.6. The van der Waals surface area contributed by atoms with Gasteiger partial charge in [0.2, 0.25) is 0 Å². The smallest absolute Gasteiger partial charge is 0.195 e. The van der Waals surface area contributed by atoms with Crippen molar-refractivity contribution in [3.63, 3.8) is 0 Å². The molecule has 9 fully saturated rings. The quantitative estimate of drug-likeness (QED) is 0.148. The van der Waals surface area contributed by atoms with Gasteiger partial charge in [-0.25, -0.2) is 4.99 Å². The van der Waals surface area contributed by atoms with Gasteiger partial charge in [0, 0.05) is 13.1 Å². The summed E-state index contributed by atoms with van der Waals surface area (Å²) in [6.45, 7) is 17.3. The van der Waals surface area contributed by atoms with E-state index in [0.717, 1.165) is 94.4 Å². The van der Waals surface area contributed by atoms with Crippen molar-refractivity contribution in [2.45, 2.75) is 205 Å². The maximum atomic E-state index is 12.1. The predicted molar refractivity (Wildman–Crippen MR) is 257 cm³/mol. The predicted octanol–water partition coefficient (Wildman–Crippen LogP) is 10.2. The maximum Gasteiger partial charge on any atom is 0.195 e. The van der Waals surface area contributed by atoms with Gasteiger partial charge in [0.05, 0.1) is 29.8 Å². The number of nitrogens with one attached hydrogen (secondary N) is 1. The maximum absolute atomic E-state index is 12.1. The average molecular weight is 896 g/mol. The molecule has 0 aromatic heterocycles. The minimum Gasteiger partial charge on any atom is -0.393 e. The van der Waals surface area contributed by atoms with Crippen molar-refractivity contribution in [1.29, 1.82) is 0 Å². The molecule has 10 rings (SSSR count). The van der Waals surface area contributed by atoms with Gasteiger partial charge in [0.25, 0.3) is 0 Å². The first-order valence-electron chi connectivity index (χ1n) is 26.7. The van der Waals surface area contributed by atoms with E-state index in [1.54, 1.807) is 0 Å². The average Bonchev–Trinajstić information content (AvgIpc) is 3.81. The molecule has 0 aromatic rings. The normalized spacial score (nSPS) is 53.1. The third-order valence-corrected chi connectivity index (χ3v) is 25.4. The van der Waals surface area contributed by atoms with E-state index < -0.39 is 0 Å². The number of hydrogen-bond acceptors (Lipinski definition) is 9. The molecule has 62 heavy (non-hydrogen) atoms. The highest BCUT2D eigenvalue weighted by Crippen LogP contribution is 2.70. The fraction of sp³-hybridized carbons (Fsp3) is 0.981. The van der Waals surface area contributed by atoms with E-state index in [1.807, 2.05) is 0 Å². The number of aliphatic imine (C=N–C) groups is 1. The number of nitrogens with zero attached hydrogens (tertiary/aromatic N) is 2. The van der Waals surface area contributed by atoms with Gasteiger partial charge in [0.15, 0.2) is 5.96 Å². The third-order valence-electron chi connectivity index (χ3n) is 22.9. The summed E-state index contributed by atoms with van der Waals surface area (Å²) in [5.74, 6) is 11.3. The Morgan fingerprint density at radius 1 is 0.597 bits per heavy atom. The van der Waals surface area contributed by atoms with Crippen molar-refractivity contribution in [3.05, 3.63) is 0 Å². The zero-order valence-electron chi connectivity index (χ0n) is 39.9. The van der Waals surface area contributed by atoms with Crippen LogP contribution >= 0.6 is 23.5 Å². The van der Waals surface area contributed by atoms with Crippen LogP contribution in [0.3, 0.4) is 0 Å². The highest BCUT2D eigenvalue weighted by Gasteiger charge is 2.65. The van der Waals surface area contributed by atoms with Crippen LogP contribution in [0.25, 0.3) is 0 Å². The lowest BCUT2D eigenvalue weighted by atomic mass is 9.43. The lowest BCUT2D eigenvalue weighted by Gasteiger charge is -2.62. The number of aliphatic hydroxyl groups is 4. The lowest BCUT2D eigenvalue weighted by molar-refractivity contribution is -0.174. The fourth-order valence-corrected chi connectivity index (χ4v) is 21.7. The van der Waals surface area contributed by atoms with E-state index in [1.165, 1.54) is 76.4 Å². The largest absolute Gasteiger partial charge is 0.393 e. The number of rotatable bonds is 10. The van der Waals surface area contributed by atoms with Crippen LogP contribution in [0.1, 0.15) is 170 Å². The Labute approximate surface area is 385 Å². The van der Waals surface area contributed by atoms with E-state index in [4.69, 9.17) is 4.99 Å². The molecule has 0 radical (unpaired) electrons. The summed E-state index contributed by atoms with van der Waals surface area (Å²) in [4.78, 5) is 7.85. The molecule has 8 saturated carbocycles. The van der Waals surface area contributed by atoms with Gasteiger partial charge < -0.3 is 30.6 Å².